The Morgan fingerprint density at radius 2 is 2.36 bits per heavy atom. The number of aliphatic hydroxyl groups is 1. The number of nitrogens with zero attached hydrogens (tertiary/aromatic N) is 1. The van der Waals surface area contributed by atoms with E-state index in [0.29, 0.717) is 5.15 Å². The maximum atomic E-state index is 8.80. The van der Waals surface area contributed by atoms with Gasteiger partial charge >= 0.3 is 0 Å². The topological polar surface area (TPSA) is 45.1 Å². The van der Waals surface area contributed by atoms with Gasteiger partial charge in [-0.05, 0) is 17.5 Å². The second-order valence-corrected chi connectivity index (χ2v) is 3.80. The number of aliphatic hydroxyl groups excluding tert-OH is 1. The van der Waals surface area contributed by atoms with Crippen LogP contribution in [0.15, 0.2) is 18.3 Å². The first-order valence-electron chi connectivity index (χ1n) is 4.64. The Hall–Kier alpha value is -0.640. The van der Waals surface area contributed by atoms with Crippen molar-refractivity contribution in [2.24, 2.45) is 5.92 Å². The summed E-state index contributed by atoms with van der Waals surface area (Å²) >= 11 is 5.65. The van der Waals surface area contributed by atoms with Crippen molar-refractivity contribution in [2.45, 2.75) is 13.5 Å². The predicted octanol–water partition coefficient (Wildman–Crippen LogP) is 1.45. The molecule has 0 amide bonds. The molecule has 1 atom stereocenters. The molecule has 0 aromatic carbocycles. The lowest BCUT2D eigenvalue weighted by Crippen LogP contribution is -2.22. The average molecular weight is 215 g/mol. The number of halogens is 1. The summed E-state index contributed by atoms with van der Waals surface area (Å²) in [4.78, 5) is 3.97. The van der Waals surface area contributed by atoms with E-state index in [2.05, 4.69) is 10.3 Å². The molecule has 0 spiro atoms. The van der Waals surface area contributed by atoms with Crippen LogP contribution in [-0.4, -0.2) is 23.2 Å². The second-order valence-electron chi connectivity index (χ2n) is 3.41. The molecule has 3 nitrogen and oxygen atoms in total. The third-order valence-corrected chi connectivity index (χ3v) is 2.15. The third kappa shape index (κ3) is 4.05. The summed E-state index contributed by atoms with van der Waals surface area (Å²) in [6.07, 6.45) is 1.75. The Morgan fingerprint density at radius 3 is 2.93 bits per heavy atom. The van der Waals surface area contributed by atoms with Crippen LogP contribution in [0.3, 0.4) is 0 Å². The smallest absolute Gasteiger partial charge is 0.129 e. The Morgan fingerprint density at radius 1 is 1.57 bits per heavy atom. The molecule has 0 saturated carbocycles. The summed E-state index contributed by atoms with van der Waals surface area (Å²) in [5.74, 6) is 0.287. The fourth-order valence-corrected chi connectivity index (χ4v) is 1.15. The molecule has 14 heavy (non-hydrogen) atoms. The van der Waals surface area contributed by atoms with E-state index >= 15 is 0 Å². The maximum absolute atomic E-state index is 8.80. The standard InChI is InChI=1S/C10H15ClN2O/c1-8(7-14)4-12-5-9-2-3-10(11)13-6-9/h2-3,6,8,12,14H,4-5,7H2,1H3. The first-order valence-corrected chi connectivity index (χ1v) is 5.02. The number of rotatable bonds is 5. The van der Waals surface area contributed by atoms with Gasteiger partial charge in [0.25, 0.3) is 0 Å². The van der Waals surface area contributed by atoms with Gasteiger partial charge in [0.2, 0.25) is 0 Å². The van der Waals surface area contributed by atoms with E-state index in [9.17, 15) is 0 Å². The summed E-state index contributed by atoms with van der Waals surface area (Å²) in [6, 6.07) is 3.71. The van der Waals surface area contributed by atoms with E-state index in [-0.39, 0.29) is 12.5 Å². The lowest BCUT2D eigenvalue weighted by Gasteiger charge is -2.09. The molecule has 78 valence electrons. The zero-order valence-electron chi connectivity index (χ0n) is 8.20. The van der Waals surface area contributed by atoms with E-state index in [4.69, 9.17) is 16.7 Å². The third-order valence-electron chi connectivity index (χ3n) is 1.92. The molecule has 1 rings (SSSR count). The van der Waals surface area contributed by atoms with Gasteiger partial charge in [0, 0.05) is 25.9 Å². The highest BCUT2D eigenvalue weighted by Crippen LogP contribution is 2.04. The van der Waals surface area contributed by atoms with Gasteiger partial charge in [-0.1, -0.05) is 24.6 Å². The van der Waals surface area contributed by atoms with Crippen LogP contribution in [0.2, 0.25) is 5.15 Å². The fraction of sp³-hybridized carbons (Fsp3) is 0.500. The number of hydrogen-bond donors (Lipinski definition) is 2. The number of hydrogen-bond acceptors (Lipinski definition) is 3. The molecule has 1 unspecified atom stereocenters. The molecule has 0 aliphatic heterocycles. The van der Waals surface area contributed by atoms with E-state index < -0.39 is 0 Å². The van der Waals surface area contributed by atoms with Crippen molar-refractivity contribution in [1.29, 1.82) is 0 Å². The maximum Gasteiger partial charge on any atom is 0.129 e. The Balaban J connectivity index is 2.28. The molecule has 0 bridgehead atoms. The fourth-order valence-electron chi connectivity index (χ4n) is 1.04. The monoisotopic (exact) mass is 214 g/mol. The van der Waals surface area contributed by atoms with Crippen LogP contribution in [0.25, 0.3) is 0 Å². The summed E-state index contributed by atoms with van der Waals surface area (Å²) in [7, 11) is 0. The molecule has 0 aliphatic rings. The van der Waals surface area contributed by atoms with E-state index in [1.165, 1.54) is 0 Å². The minimum Gasteiger partial charge on any atom is -0.396 e. The van der Waals surface area contributed by atoms with Crippen LogP contribution in [0.1, 0.15) is 12.5 Å². The van der Waals surface area contributed by atoms with Crippen LogP contribution in [-0.2, 0) is 6.54 Å². The molecule has 0 saturated heterocycles. The minimum absolute atomic E-state index is 0.214. The first-order chi connectivity index (χ1) is 6.72. The molecular formula is C10H15ClN2O. The highest BCUT2D eigenvalue weighted by Gasteiger charge is 1.99. The molecular weight excluding hydrogens is 200 g/mol. The average Bonchev–Trinajstić information content (AvgIpc) is 2.21. The van der Waals surface area contributed by atoms with Gasteiger partial charge in [0.05, 0.1) is 0 Å². The molecule has 0 fully saturated rings. The summed E-state index contributed by atoms with van der Waals surface area (Å²) < 4.78 is 0. The van der Waals surface area contributed by atoms with Gasteiger partial charge in [-0.25, -0.2) is 4.98 Å². The minimum atomic E-state index is 0.214. The molecule has 0 radical (unpaired) electrons. The van der Waals surface area contributed by atoms with Crippen molar-refractivity contribution < 1.29 is 5.11 Å². The van der Waals surface area contributed by atoms with Crippen molar-refractivity contribution in [2.75, 3.05) is 13.2 Å². The highest BCUT2D eigenvalue weighted by atomic mass is 35.5. The van der Waals surface area contributed by atoms with Crippen LogP contribution >= 0.6 is 11.6 Å². The molecule has 1 heterocycles. The van der Waals surface area contributed by atoms with Crippen molar-refractivity contribution in [3.05, 3.63) is 29.0 Å². The lowest BCUT2D eigenvalue weighted by molar-refractivity contribution is 0.233. The molecule has 2 N–H and O–H groups in total. The van der Waals surface area contributed by atoms with Crippen molar-refractivity contribution >= 4 is 11.6 Å². The molecule has 1 aromatic rings. The quantitative estimate of drug-likeness (QED) is 0.730. The van der Waals surface area contributed by atoms with Crippen LogP contribution < -0.4 is 5.32 Å². The van der Waals surface area contributed by atoms with Gasteiger partial charge < -0.3 is 10.4 Å². The van der Waals surface area contributed by atoms with Gasteiger partial charge in [0.15, 0.2) is 0 Å². The largest absolute Gasteiger partial charge is 0.396 e. The van der Waals surface area contributed by atoms with Crippen LogP contribution in [0.4, 0.5) is 0 Å². The molecule has 1 aromatic heterocycles. The van der Waals surface area contributed by atoms with Gasteiger partial charge in [-0.15, -0.1) is 0 Å². The van der Waals surface area contributed by atoms with Crippen molar-refractivity contribution in [3.63, 3.8) is 0 Å². The predicted molar refractivity (Wildman–Crippen MR) is 57.2 cm³/mol. The Labute approximate surface area is 89.1 Å². The van der Waals surface area contributed by atoms with E-state index in [1.807, 2.05) is 13.0 Å². The molecule has 0 aliphatic carbocycles. The number of aromatic nitrogens is 1. The van der Waals surface area contributed by atoms with E-state index in [1.54, 1.807) is 12.3 Å². The second kappa shape index (κ2) is 5.96. The van der Waals surface area contributed by atoms with Crippen molar-refractivity contribution in [3.8, 4) is 0 Å². The number of pyridine rings is 1. The van der Waals surface area contributed by atoms with Gasteiger partial charge in [0.1, 0.15) is 5.15 Å². The zero-order chi connectivity index (χ0) is 10.4. The Kier molecular flexibility index (Phi) is 4.87. The summed E-state index contributed by atoms with van der Waals surface area (Å²) in [5.41, 5.74) is 1.10. The summed E-state index contributed by atoms with van der Waals surface area (Å²) in [5, 5.41) is 12.5. The summed E-state index contributed by atoms with van der Waals surface area (Å²) in [6.45, 7) is 3.77. The normalized spacial score (nSPS) is 12.8. The SMILES string of the molecule is CC(CO)CNCc1ccc(Cl)nc1. The van der Waals surface area contributed by atoms with E-state index in [0.717, 1.165) is 18.7 Å². The highest BCUT2D eigenvalue weighted by molar-refractivity contribution is 6.29. The molecule has 4 heteroatoms. The lowest BCUT2D eigenvalue weighted by atomic mass is 10.2. The first kappa shape index (κ1) is 11.4. The van der Waals surface area contributed by atoms with Crippen LogP contribution in [0, 0.1) is 5.92 Å². The van der Waals surface area contributed by atoms with Gasteiger partial charge in [-0.2, -0.15) is 0 Å². The number of nitrogens with one attached hydrogen (secondary N) is 1. The van der Waals surface area contributed by atoms with Crippen molar-refractivity contribution in [1.82, 2.24) is 10.3 Å². The van der Waals surface area contributed by atoms with Crippen LogP contribution in [0.5, 0.6) is 0 Å². The van der Waals surface area contributed by atoms with Gasteiger partial charge in [-0.3, -0.25) is 0 Å². The Bertz CT molecular complexity index is 263. The zero-order valence-corrected chi connectivity index (χ0v) is 8.96.